The Morgan fingerprint density at radius 3 is 3.00 bits per heavy atom. The van der Waals surface area contributed by atoms with E-state index in [2.05, 4.69) is 15.5 Å². The van der Waals surface area contributed by atoms with Crippen LogP contribution in [0.4, 0.5) is 4.39 Å². The Bertz CT molecular complexity index is 510. The molecule has 5 heteroatoms. The van der Waals surface area contributed by atoms with E-state index in [9.17, 15) is 4.39 Å². The van der Waals surface area contributed by atoms with Crippen LogP contribution in [0.2, 0.25) is 0 Å². The average Bonchev–Trinajstić information content (AvgIpc) is 2.78. The van der Waals surface area contributed by atoms with E-state index >= 15 is 0 Å². The van der Waals surface area contributed by atoms with Gasteiger partial charge in [0.15, 0.2) is 0 Å². The van der Waals surface area contributed by atoms with Crippen molar-refractivity contribution in [3.63, 3.8) is 0 Å². The first-order valence-corrected chi connectivity index (χ1v) is 5.50. The first kappa shape index (κ1) is 11.7. The molecule has 0 saturated heterocycles. The summed E-state index contributed by atoms with van der Waals surface area (Å²) in [6.45, 7) is 5.23. The largest absolute Gasteiger partial charge is 0.338 e. The minimum absolute atomic E-state index is 0.302. The van der Waals surface area contributed by atoms with Gasteiger partial charge in [0.25, 0.3) is 0 Å². The van der Waals surface area contributed by atoms with Crippen LogP contribution in [0.25, 0.3) is 11.4 Å². The lowest BCUT2D eigenvalue weighted by atomic mass is 10.1. The Labute approximate surface area is 98.8 Å². The first-order valence-electron chi connectivity index (χ1n) is 5.50. The third-order valence-corrected chi connectivity index (χ3v) is 2.43. The van der Waals surface area contributed by atoms with Gasteiger partial charge in [-0.05, 0) is 31.2 Å². The van der Waals surface area contributed by atoms with Gasteiger partial charge >= 0.3 is 0 Å². The molecule has 1 aromatic heterocycles. The fraction of sp³-hybridized carbons (Fsp3) is 0.333. The molecule has 0 amide bonds. The highest BCUT2D eigenvalue weighted by Crippen LogP contribution is 2.21. The monoisotopic (exact) mass is 235 g/mol. The molecule has 0 fully saturated rings. The van der Waals surface area contributed by atoms with E-state index in [1.54, 1.807) is 6.07 Å². The molecule has 1 heterocycles. The molecule has 0 aliphatic rings. The lowest BCUT2D eigenvalue weighted by Gasteiger charge is -1.99. The molecule has 17 heavy (non-hydrogen) atoms. The van der Waals surface area contributed by atoms with E-state index < -0.39 is 0 Å². The Morgan fingerprint density at radius 1 is 1.41 bits per heavy atom. The Hall–Kier alpha value is -1.75. The number of halogens is 1. The predicted octanol–water partition coefficient (Wildman–Crippen LogP) is 2.29. The first-order chi connectivity index (χ1) is 8.20. The smallest absolute Gasteiger partial charge is 0.240 e. The number of rotatable bonds is 4. The minimum Gasteiger partial charge on any atom is -0.338 e. The maximum atomic E-state index is 13.1. The van der Waals surface area contributed by atoms with Gasteiger partial charge in [0.05, 0.1) is 6.54 Å². The van der Waals surface area contributed by atoms with Crippen LogP contribution in [0.5, 0.6) is 0 Å². The summed E-state index contributed by atoms with van der Waals surface area (Å²) in [6, 6.07) is 4.53. The van der Waals surface area contributed by atoms with Crippen molar-refractivity contribution in [1.29, 1.82) is 0 Å². The molecule has 0 bridgehead atoms. The third kappa shape index (κ3) is 2.68. The molecule has 1 aromatic carbocycles. The Morgan fingerprint density at radius 2 is 2.24 bits per heavy atom. The number of aromatic nitrogens is 2. The molecule has 0 spiro atoms. The molecule has 2 aromatic rings. The van der Waals surface area contributed by atoms with Gasteiger partial charge in [0, 0.05) is 5.56 Å². The summed E-state index contributed by atoms with van der Waals surface area (Å²) >= 11 is 0. The van der Waals surface area contributed by atoms with E-state index in [1.165, 1.54) is 12.1 Å². The lowest BCUT2D eigenvalue weighted by molar-refractivity contribution is 0.369. The van der Waals surface area contributed by atoms with Crippen molar-refractivity contribution in [3.05, 3.63) is 35.5 Å². The average molecular weight is 235 g/mol. The van der Waals surface area contributed by atoms with Gasteiger partial charge in [-0.1, -0.05) is 18.1 Å². The number of hydrogen-bond donors (Lipinski definition) is 1. The van der Waals surface area contributed by atoms with Crippen LogP contribution < -0.4 is 5.32 Å². The quantitative estimate of drug-likeness (QED) is 0.883. The molecule has 0 atom stereocenters. The number of benzene rings is 1. The van der Waals surface area contributed by atoms with Crippen LogP contribution in [0.3, 0.4) is 0 Å². The highest BCUT2D eigenvalue weighted by Gasteiger charge is 2.11. The van der Waals surface area contributed by atoms with Gasteiger partial charge in [-0.15, -0.1) is 0 Å². The van der Waals surface area contributed by atoms with Crippen LogP contribution in [0.15, 0.2) is 22.7 Å². The fourth-order valence-electron chi connectivity index (χ4n) is 1.50. The molecule has 1 N–H and O–H groups in total. The molecule has 0 saturated carbocycles. The molecule has 90 valence electrons. The molecular weight excluding hydrogens is 221 g/mol. The van der Waals surface area contributed by atoms with Crippen molar-refractivity contribution in [2.75, 3.05) is 6.54 Å². The van der Waals surface area contributed by atoms with E-state index in [0.29, 0.717) is 23.8 Å². The van der Waals surface area contributed by atoms with Crippen LogP contribution in [0.1, 0.15) is 18.4 Å². The zero-order valence-electron chi connectivity index (χ0n) is 9.83. The molecule has 0 aliphatic heterocycles. The topological polar surface area (TPSA) is 51.0 Å². The van der Waals surface area contributed by atoms with Gasteiger partial charge in [0.1, 0.15) is 5.82 Å². The van der Waals surface area contributed by atoms with Crippen molar-refractivity contribution in [2.24, 2.45) is 0 Å². The van der Waals surface area contributed by atoms with Gasteiger partial charge < -0.3 is 9.84 Å². The zero-order chi connectivity index (χ0) is 12.3. The second-order valence-electron chi connectivity index (χ2n) is 3.75. The Kier molecular flexibility index (Phi) is 3.49. The van der Waals surface area contributed by atoms with Crippen LogP contribution >= 0.6 is 0 Å². The summed E-state index contributed by atoms with van der Waals surface area (Å²) in [5.74, 6) is 0.629. The van der Waals surface area contributed by atoms with E-state index in [4.69, 9.17) is 4.52 Å². The normalized spacial score (nSPS) is 10.8. The van der Waals surface area contributed by atoms with Crippen LogP contribution in [0, 0.1) is 12.7 Å². The number of nitrogens with one attached hydrogen (secondary N) is 1. The minimum atomic E-state index is -0.302. The maximum absolute atomic E-state index is 13.1. The predicted molar refractivity (Wildman–Crippen MR) is 61.8 cm³/mol. The van der Waals surface area contributed by atoms with Gasteiger partial charge in [0.2, 0.25) is 11.7 Å². The molecule has 0 aliphatic carbocycles. The van der Waals surface area contributed by atoms with Crippen molar-refractivity contribution in [3.8, 4) is 11.4 Å². The zero-order valence-corrected chi connectivity index (χ0v) is 9.83. The highest BCUT2D eigenvalue weighted by atomic mass is 19.1. The molecule has 2 rings (SSSR count). The van der Waals surface area contributed by atoms with Crippen LogP contribution in [-0.2, 0) is 6.54 Å². The maximum Gasteiger partial charge on any atom is 0.240 e. The summed E-state index contributed by atoms with van der Waals surface area (Å²) in [4.78, 5) is 4.21. The van der Waals surface area contributed by atoms with Crippen molar-refractivity contribution >= 4 is 0 Å². The Balaban J connectivity index is 2.27. The standard InChI is InChI=1S/C12H14FN3O/c1-3-14-7-11-15-12(16-17-11)10-6-9(13)5-4-8(10)2/h4-6,14H,3,7H2,1-2H3. The summed E-state index contributed by atoms with van der Waals surface area (Å²) in [5.41, 5.74) is 1.58. The summed E-state index contributed by atoms with van der Waals surface area (Å²) in [6.07, 6.45) is 0. The summed E-state index contributed by atoms with van der Waals surface area (Å²) in [5, 5.41) is 6.93. The summed E-state index contributed by atoms with van der Waals surface area (Å²) in [7, 11) is 0. The van der Waals surface area contributed by atoms with E-state index in [0.717, 1.165) is 12.1 Å². The van der Waals surface area contributed by atoms with Gasteiger partial charge in [-0.2, -0.15) is 4.98 Å². The molecule has 4 nitrogen and oxygen atoms in total. The molecule has 0 radical (unpaired) electrons. The SMILES string of the molecule is CCNCc1nc(-c2cc(F)ccc2C)no1. The fourth-order valence-corrected chi connectivity index (χ4v) is 1.50. The second kappa shape index (κ2) is 5.05. The number of aryl methyl sites for hydroxylation is 1. The van der Waals surface area contributed by atoms with Gasteiger partial charge in [-0.3, -0.25) is 0 Å². The second-order valence-corrected chi connectivity index (χ2v) is 3.75. The number of hydrogen-bond acceptors (Lipinski definition) is 4. The molecule has 0 unspecified atom stereocenters. The summed E-state index contributed by atoms with van der Waals surface area (Å²) < 4.78 is 18.2. The van der Waals surface area contributed by atoms with Crippen molar-refractivity contribution in [2.45, 2.75) is 20.4 Å². The lowest BCUT2D eigenvalue weighted by Crippen LogP contribution is -2.11. The van der Waals surface area contributed by atoms with Crippen LogP contribution in [-0.4, -0.2) is 16.7 Å². The number of nitrogens with zero attached hydrogens (tertiary/aromatic N) is 2. The highest BCUT2D eigenvalue weighted by molar-refractivity contribution is 5.59. The van der Waals surface area contributed by atoms with Crippen molar-refractivity contribution < 1.29 is 8.91 Å². The van der Waals surface area contributed by atoms with Crippen molar-refractivity contribution in [1.82, 2.24) is 15.5 Å². The van der Waals surface area contributed by atoms with Gasteiger partial charge in [-0.25, -0.2) is 4.39 Å². The van der Waals surface area contributed by atoms with E-state index in [-0.39, 0.29) is 5.82 Å². The third-order valence-electron chi connectivity index (χ3n) is 2.43. The molecular formula is C12H14FN3O. The van der Waals surface area contributed by atoms with E-state index in [1.807, 2.05) is 13.8 Å².